The lowest BCUT2D eigenvalue weighted by Crippen LogP contribution is -2.22. The molecule has 2 aromatic rings. The third-order valence-electron chi connectivity index (χ3n) is 2.74. The van der Waals surface area contributed by atoms with Crippen LogP contribution in [0.1, 0.15) is 36.4 Å². The van der Waals surface area contributed by atoms with Gasteiger partial charge in [-0.3, -0.25) is 4.98 Å². The van der Waals surface area contributed by atoms with Gasteiger partial charge in [-0.15, -0.1) is 0 Å². The highest BCUT2D eigenvalue weighted by atomic mass is 79.9. The van der Waals surface area contributed by atoms with Gasteiger partial charge in [0.1, 0.15) is 5.76 Å². The molecule has 0 aliphatic rings. The zero-order valence-corrected chi connectivity index (χ0v) is 12.2. The van der Waals surface area contributed by atoms with E-state index in [0.29, 0.717) is 0 Å². The van der Waals surface area contributed by atoms with Crippen LogP contribution in [0.15, 0.2) is 39.5 Å². The standard InChI is InChI=1S/C14H17BrN2O/c1-3-8-16-14(12-6-7-13(15)18-12)11-5-4-10(2)17-9-11/h4-7,9,14,16H,3,8H2,1-2H3. The Morgan fingerprint density at radius 3 is 2.72 bits per heavy atom. The Bertz CT molecular complexity index is 493. The van der Waals surface area contributed by atoms with Crippen LogP contribution in [0.25, 0.3) is 0 Å². The maximum atomic E-state index is 5.65. The highest BCUT2D eigenvalue weighted by Gasteiger charge is 2.17. The van der Waals surface area contributed by atoms with Crippen molar-refractivity contribution in [1.82, 2.24) is 10.3 Å². The van der Waals surface area contributed by atoms with E-state index in [2.05, 4.69) is 39.2 Å². The Hall–Kier alpha value is -1.13. The van der Waals surface area contributed by atoms with Gasteiger partial charge in [-0.2, -0.15) is 0 Å². The van der Waals surface area contributed by atoms with E-state index in [1.807, 2.05) is 31.3 Å². The van der Waals surface area contributed by atoms with E-state index in [0.717, 1.165) is 34.7 Å². The van der Waals surface area contributed by atoms with Gasteiger partial charge < -0.3 is 9.73 Å². The molecule has 0 aromatic carbocycles. The van der Waals surface area contributed by atoms with Gasteiger partial charge in [-0.05, 0) is 59.6 Å². The summed E-state index contributed by atoms with van der Waals surface area (Å²) in [5, 5.41) is 3.48. The minimum Gasteiger partial charge on any atom is -0.452 e. The van der Waals surface area contributed by atoms with Gasteiger partial charge in [0.05, 0.1) is 6.04 Å². The number of pyridine rings is 1. The van der Waals surface area contributed by atoms with Crippen LogP contribution in [-0.4, -0.2) is 11.5 Å². The summed E-state index contributed by atoms with van der Waals surface area (Å²) < 4.78 is 6.40. The number of nitrogens with one attached hydrogen (secondary N) is 1. The molecular weight excluding hydrogens is 292 g/mol. The lowest BCUT2D eigenvalue weighted by atomic mass is 10.1. The molecule has 3 nitrogen and oxygen atoms in total. The van der Waals surface area contributed by atoms with Crippen molar-refractivity contribution >= 4 is 15.9 Å². The molecule has 96 valence electrons. The van der Waals surface area contributed by atoms with E-state index in [-0.39, 0.29) is 6.04 Å². The largest absolute Gasteiger partial charge is 0.452 e. The van der Waals surface area contributed by atoms with Crippen LogP contribution in [-0.2, 0) is 0 Å². The second kappa shape index (κ2) is 6.16. The Morgan fingerprint density at radius 2 is 2.17 bits per heavy atom. The van der Waals surface area contributed by atoms with Gasteiger partial charge in [-0.25, -0.2) is 0 Å². The molecule has 2 rings (SSSR count). The topological polar surface area (TPSA) is 38.1 Å². The van der Waals surface area contributed by atoms with Crippen molar-refractivity contribution in [3.63, 3.8) is 0 Å². The smallest absolute Gasteiger partial charge is 0.169 e. The molecule has 0 bridgehead atoms. The number of furan rings is 1. The number of aryl methyl sites for hydroxylation is 1. The van der Waals surface area contributed by atoms with Crippen molar-refractivity contribution in [3.8, 4) is 0 Å². The molecule has 0 fully saturated rings. The number of hydrogen-bond donors (Lipinski definition) is 1. The first-order valence-corrected chi connectivity index (χ1v) is 6.91. The molecule has 2 heterocycles. The fourth-order valence-corrected chi connectivity index (χ4v) is 2.12. The third-order valence-corrected chi connectivity index (χ3v) is 3.17. The Kier molecular flexibility index (Phi) is 4.55. The molecule has 0 spiro atoms. The van der Waals surface area contributed by atoms with E-state index in [1.165, 1.54) is 0 Å². The molecular formula is C14H17BrN2O. The van der Waals surface area contributed by atoms with Crippen LogP contribution in [0.3, 0.4) is 0 Å². The third kappa shape index (κ3) is 3.21. The molecule has 1 N–H and O–H groups in total. The first-order chi connectivity index (χ1) is 8.70. The maximum Gasteiger partial charge on any atom is 0.169 e. The van der Waals surface area contributed by atoms with E-state index in [9.17, 15) is 0 Å². The normalized spacial score (nSPS) is 12.6. The summed E-state index contributed by atoms with van der Waals surface area (Å²) in [4.78, 5) is 4.35. The number of halogens is 1. The van der Waals surface area contributed by atoms with Crippen molar-refractivity contribution in [3.05, 3.63) is 52.1 Å². The van der Waals surface area contributed by atoms with Crippen LogP contribution in [0.5, 0.6) is 0 Å². The summed E-state index contributed by atoms with van der Waals surface area (Å²) in [6.45, 7) is 5.08. The lowest BCUT2D eigenvalue weighted by Gasteiger charge is -2.16. The summed E-state index contributed by atoms with van der Waals surface area (Å²) in [7, 11) is 0. The average Bonchev–Trinajstić information content (AvgIpc) is 2.78. The van der Waals surface area contributed by atoms with Gasteiger partial charge in [0, 0.05) is 11.9 Å². The second-order valence-corrected chi connectivity index (χ2v) is 5.04. The first kappa shape index (κ1) is 13.3. The van der Waals surface area contributed by atoms with E-state index >= 15 is 0 Å². The van der Waals surface area contributed by atoms with Crippen LogP contribution >= 0.6 is 15.9 Å². The first-order valence-electron chi connectivity index (χ1n) is 6.12. The second-order valence-electron chi connectivity index (χ2n) is 4.26. The molecule has 0 saturated carbocycles. The highest BCUT2D eigenvalue weighted by molar-refractivity contribution is 9.10. The molecule has 1 atom stereocenters. The van der Waals surface area contributed by atoms with Gasteiger partial charge in [-0.1, -0.05) is 13.0 Å². The van der Waals surface area contributed by atoms with Gasteiger partial charge in [0.15, 0.2) is 4.67 Å². The molecule has 4 heteroatoms. The van der Waals surface area contributed by atoms with Crippen molar-refractivity contribution < 1.29 is 4.42 Å². The molecule has 1 unspecified atom stereocenters. The Morgan fingerprint density at radius 1 is 1.33 bits per heavy atom. The SMILES string of the molecule is CCCNC(c1ccc(C)nc1)c1ccc(Br)o1. The number of nitrogens with zero attached hydrogens (tertiary/aromatic N) is 1. The molecule has 0 aliphatic carbocycles. The maximum absolute atomic E-state index is 5.65. The summed E-state index contributed by atoms with van der Waals surface area (Å²) in [5.41, 5.74) is 2.14. The van der Waals surface area contributed by atoms with Crippen LogP contribution in [0.4, 0.5) is 0 Å². The minimum atomic E-state index is 0.0596. The summed E-state index contributed by atoms with van der Waals surface area (Å²) >= 11 is 3.34. The number of aromatic nitrogens is 1. The summed E-state index contributed by atoms with van der Waals surface area (Å²) in [6.07, 6.45) is 2.98. The van der Waals surface area contributed by atoms with Gasteiger partial charge >= 0.3 is 0 Å². The Balaban J connectivity index is 2.27. The van der Waals surface area contributed by atoms with Crippen LogP contribution < -0.4 is 5.32 Å². The monoisotopic (exact) mass is 308 g/mol. The Labute approximate surface area is 116 Å². The zero-order chi connectivity index (χ0) is 13.0. The van der Waals surface area contributed by atoms with Gasteiger partial charge in [0.2, 0.25) is 0 Å². The van der Waals surface area contributed by atoms with E-state index in [4.69, 9.17) is 4.42 Å². The van der Waals surface area contributed by atoms with E-state index < -0.39 is 0 Å². The molecule has 0 saturated heterocycles. The molecule has 0 amide bonds. The molecule has 2 aromatic heterocycles. The van der Waals surface area contributed by atoms with Crippen molar-refractivity contribution in [1.29, 1.82) is 0 Å². The molecule has 0 radical (unpaired) electrons. The zero-order valence-electron chi connectivity index (χ0n) is 10.6. The number of rotatable bonds is 5. The van der Waals surface area contributed by atoms with E-state index in [1.54, 1.807) is 0 Å². The number of hydrogen-bond acceptors (Lipinski definition) is 3. The predicted molar refractivity (Wildman–Crippen MR) is 75.5 cm³/mol. The van der Waals surface area contributed by atoms with Crippen molar-refractivity contribution in [2.75, 3.05) is 6.54 Å². The average molecular weight is 309 g/mol. The summed E-state index contributed by atoms with van der Waals surface area (Å²) in [6, 6.07) is 8.07. The van der Waals surface area contributed by atoms with Gasteiger partial charge in [0.25, 0.3) is 0 Å². The lowest BCUT2D eigenvalue weighted by molar-refractivity contribution is 0.432. The van der Waals surface area contributed by atoms with Crippen LogP contribution in [0, 0.1) is 6.92 Å². The fourth-order valence-electron chi connectivity index (χ4n) is 1.80. The highest BCUT2D eigenvalue weighted by Crippen LogP contribution is 2.25. The van der Waals surface area contributed by atoms with Crippen molar-refractivity contribution in [2.24, 2.45) is 0 Å². The minimum absolute atomic E-state index is 0.0596. The predicted octanol–water partition coefficient (Wildman–Crippen LogP) is 3.83. The van der Waals surface area contributed by atoms with Crippen LogP contribution in [0.2, 0.25) is 0 Å². The quantitative estimate of drug-likeness (QED) is 0.912. The molecule has 18 heavy (non-hydrogen) atoms. The molecule has 0 aliphatic heterocycles. The van der Waals surface area contributed by atoms with Crippen molar-refractivity contribution in [2.45, 2.75) is 26.3 Å². The fraction of sp³-hybridized carbons (Fsp3) is 0.357. The summed E-state index contributed by atoms with van der Waals surface area (Å²) in [5.74, 6) is 0.904.